The number of aromatic nitrogens is 2. The topological polar surface area (TPSA) is 78.5 Å². The summed E-state index contributed by atoms with van der Waals surface area (Å²) in [4.78, 5) is 25.0. The highest BCUT2D eigenvalue weighted by atomic mass is 32.1. The Morgan fingerprint density at radius 2 is 1.97 bits per heavy atom. The van der Waals surface area contributed by atoms with Crippen molar-refractivity contribution < 1.29 is 9.84 Å². The molecule has 0 amide bonds. The number of nitrogens with one attached hydrogen (secondary N) is 1. The van der Waals surface area contributed by atoms with Crippen molar-refractivity contribution in [3.05, 3.63) is 62.5 Å². The van der Waals surface area contributed by atoms with Gasteiger partial charge < -0.3 is 14.8 Å². The van der Waals surface area contributed by atoms with Gasteiger partial charge in [0.25, 0.3) is 5.56 Å². The second-order valence-corrected chi connectivity index (χ2v) is 9.68. The van der Waals surface area contributed by atoms with Crippen molar-refractivity contribution in [2.45, 2.75) is 64.8 Å². The Bertz CT molecular complexity index is 1060. The number of benzene rings is 1. The molecule has 1 atom stereocenters. The number of hydrogen-bond acceptors (Lipinski definition) is 6. The van der Waals surface area contributed by atoms with Gasteiger partial charge in [-0.05, 0) is 50.7 Å². The Balaban J connectivity index is 1.56. The summed E-state index contributed by atoms with van der Waals surface area (Å²) in [5.74, 6) is 0.643. The third-order valence-corrected chi connectivity index (χ3v) is 6.77. The fourth-order valence-corrected chi connectivity index (χ4v) is 5.46. The molecule has 31 heavy (non-hydrogen) atoms. The fraction of sp³-hybridized carbons (Fsp3) is 0.500. The molecule has 2 aromatic heterocycles. The first-order chi connectivity index (χ1) is 15.0. The van der Waals surface area contributed by atoms with E-state index in [0.717, 1.165) is 35.0 Å². The van der Waals surface area contributed by atoms with E-state index >= 15 is 0 Å². The molecule has 0 fully saturated rings. The predicted molar refractivity (Wildman–Crippen MR) is 125 cm³/mol. The lowest BCUT2D eigenvalue weighted by Gasteiger charge is -2.25. The average Bonchev–Trinajstić information content (AvgIpc) is 3.11. The van der Waals surface area contributed by atoms with E-state index in [4.69, 9.17) is 9.72 Å². The molecule has 6 nitrogen and oxygen atoms in total. The van der Waals surface area contributed by atoms with Crippen molar-refractivity contribution in [1.29, 1.82) is 0 Å². The zero-order valence-corrected chi connectivity index (χ0v) is 19.1. The smallest absolute Gasteiger partial charge is 0.259 e. The summed E-state index contributed by atoms with van der Waals surface area (Å²) in [5, 5.41) is 11.3. The molecule has 0 spiro atoms. The summed E-state index contributed by atoms with van der Waals surface area (Å²) in [6.45, 7) is 5.75. The second kappa shape index (κ2) is 10.0. The first-order valence-electron chi connectivity index (χ1n) is 11.1. The van der Waals surface area contributed by atoms with Gasteiger partial charge in [-0.1, -0.05) is 30.3 Å². The van der Waals surface area contributed by atoms with Crippen molar-refractivity contribution in [1.82, 2.24) is 14.9 Å². The van der Waals surface area contributed by atoms with Crippen LogP contribution in [0.1, 0.15) is 48.5 Å². The standard InChI is InChI=1S/C24H31N3O3S/c1-16(2)30-15-18(28)13-27(12-17-8-4-3-5-9-17)14-21-25-23(29)22-19-10-6-7-11-20(19)31-24(22)26-21/h3-5,8-9,16,18,28H,6-7,10-15H2,1-2H3,(H,25,26,29). The minimum atomic E-state index is -0.615. The predicted octanol–water partition coefficient (Wildman–Crippen LogP) is 3.65. The van der Waals surface area contributed by atoms with Crippen LogP contribution in [-0.2, 0) is 30.7 Å². The summed E-state index contributed by atoms with van der Waals surface area (Å²) < 4.78 is 5.58. The fourth-order valence-electron chi connectivity index (χ4n) is 4.18. The van der Waals surface area contributed by atoms with Gasteiger partial charge in [0.15, 0.2) is 0 Å². The van der Waals surface area contributed by atoms with Crippen molar-refractivity contribution in [3.8, 4) is 0 Å². The number of aromatic amines is 1. The first kappa shape index (κ1) is 22.1. The van der Waals surface area contributed by atoms with Gasteiger partial charge in [0.2, 0.25) is 0 Å². The van der Waals surface area contributed by atoms with Crippen LogP contribution >= 0.6 is 11.3 Å². The highest BCUT2D eigenvalue weighted by Crippen LogP contribution is 2.33. The maximum Gasteiger partial charge on any atom is 0.259 e. The number of hydrogen-bond donors (Lipinski definition) is 2. The van der Waals surface area contributed by atoms with Crippen molar-refractivity contribution in [2.75, 3.05) is 13.2 Å². The van der Waals surface area contributed by atoms with Gasteiger partial charge in [-0.2, -0.15) is 0 Å². The molecular formula is C24H31N3O3S. The Hall–Kier alpha value is -2.06. The lowest BCUT2D eigenvalue weighted by Crippen LogP contribution is -2.35. The molecule has 4 rings (SSSR count). The molecule has 2 N–H and O–H groups in total. The summed E-state index contributed by atoms with van der Waals surface area (Å²) in [5.41, 5.74) is 2.31. The molecule has 166 valence electrons. The molecule has 1 aliphatic carbocycles. The minimum absolute atomic E-state index is 0.0391. The largest absolute Gasteiger partial charge is 0.389 e. The van der Waals surface area contributed by atoms with Crippen LogP contribution in [0.5, 0.6) is 0 Å². The monoisotopic (exact) mass is 441 g/mol. The highest BCUT2D eigenvalue weighted by molar-refractivity contribution is 7.18. The minimum Gasteiger partial charge on any atom is -0.389 e. The van der Waals surface area contributed by atoms with Gasteiger partial charge >= 0.3 is 0 Å². The van der Waals surface area contributed by atoms with E-state index in [1.54, 1.807) is 11.3 Å². The zero-order chi connectivity index (χ0) is 21.8. The number of nitrogens with zero attached hydrogens (tertiary/aromatic N) is 2. The van der Waals surface area contributed by atoms with Gasteiger partial charge in [-0.3, -0.25) is 9.69 Å². The summed E-state index contributed by atoms with van der Waals surface area (Å²) >= 11 is 1.67. The number of rotatable bonds is 9. The average molecular weight is 442 g/mol. The van der Waals surface area contributed by atoms with E-state index in [1.807, 2.05) is 32.0 Å². The van der Waals surface area contributed by atoms with Crippen LogP contribution in [0.4, 0.5) is 0 Å². The number of H-pyrrole nitrogens is 1. The van der Waals surface area contributed by atoms with E-state index in [2.05, 4.69) is 22.0 Å². The Labute approximate surface area is 186 Å². The molecular weight excluding hydrogens is 410 g/mol. The van der Waals surface area contributed by atoms with E-state index in [-0.39, 0.29) is 18.3 Å². The summed E-state index contributed by atoms with van der Waals surface area (Å²) in [6, 6.07) is 10.1. The van der Waals surface area contributed by atoms with Crippen LogP contribution in [0.25, 0.3) is 10.2 Å². The second-order valence-electron chi connectivity index (χ2n) is 8.59. The molecule has 2 heterocycles. The number of aryl methyl sites for hydroxylation is 2. The van der Waals surface area contributed by atoms with Gasteiger partial charge in [-0.15, -0.1) is 11.3 Å². The van der Waals surface area contributed by atoms with Crippen LogP contribution in [0, 0.1) is 0 Å². The van der Waals surface area contributed by atoms with Crippen LogP contribution in [0.2, 0.25) is 0 Å². The number of aliphatic hydroxyl groups excluding tert-OH is 1. The number of thiophene rings is 1. The Kier molecular flexibility index (Phi) is 7.17. The third kappa shape index (κ3) is 5.60. The molecule has 0 aliphatic heterocycles. The Morgan fingerprint density at radius 3 is 2.74 bits per heavy atom. The third-order valence-electron chi connectivity index (χ3n) is 5.59. The Morgan fingerprint density at radius 1 is 1.19 bits per heavy atom. The van der Waals surface area contributed by atoms with E-state index < -0.39 is 6.10 Å². The lowest BCUT2D eigenvalue weighted by molar-refractivity contribution is -0.0109. The maximum atomic E-state index is 12.9. The first-order valence-corrected chi connectivity index (χ1v) is 11.9. The normalized spacial score (nSPS) is 15.0. The van der Waals surface area contributed by atoms with Crippen molar-refractivity contribution in [2.24, 2.45) is 0 Å². The van der Waals surface area contributed by atoms with Gasteiger partial charge in [0, 0.05) is 18.0 Å². The molecule has 0 saturated carbocycles. The molecule has 1 unspecified atom stereocenters. The zero-order valence-electron chi connectivity index (χ0n) is 18.3. The number of aliphatic hydroxyl groups is 1. The number of fused-ring (bicyclic) bond motifs is 3. The van der Waals surface area contributed by atoms with Crippen LogP contribution in [0.15, 0.2) is 35.1 Å². The van der Waals surface area contributed by atoms with Crippen molar-refractivity contribution >= 4 is 21.6 Å². The highest BCUT2D eigenvalue weighted by Gasteiger charge is 2.21. The van der Waals surface area contributed by atoms with Gasteiger partial charge in [0.1, 0.15) is 10.7 Å². The molecule has 0 saturated heterocycles. The van der Waals surface area contributed by atoms with Crippen LogP contribution in [0.3, 0.4) is 0 Å². The quantitative estimate of drug-likeness (QED) is 0.530. The van der Waals surface area contributed by atoms with Crippen molar-refractivity contribution in [3.63, 3.8) is 0 Å². The molecule has 0 radical (unpaired) electrons. The van der Waals surface area contributed by atoms with E-state index in [9.17, 15) is 9.90 Å². The lowest BCUT2D eigenvalue weighted by atomic mass is 9.97. The molecule has 1 aliphatic rings. The van der Waals surface area contributed by atoms with E-state index in [0.29, 0.717) is 25.5 Å². The molecule has 0 bridgehead atoms. The van der Waals surface area contributed by atoms with Gasteiger partial charge in [-0.25, -0.2) is 4.98 Å². The van der Waals surface area contributed by atoms with Crippen LogP contribution < -0.4 is 5.56 Å². The maximum absolute atomic E-state index is 12.9. The molecule has 3 aromatic rings. The van der Waals surface area contributed by atoms with E-state index in [1.165, 1.54) is 16.9 Å². The molecule has 7 heteroatoms. The van der Waals surface area contributed by atoms with Gasteiger partial charge in [0.05, 0.1) is 30.7 Å². The van der Waals surface area contributed by atoms with Crippen LogP contribution in [-0.4, -0.2) is 45.3 Å². The molecule has 1 aromatic carbocycles. The summed E-state index contributed by atoms with van der Waals surface area (Å²) in [6.07, 6.45) is 3.81. The number of ether oxygens (including phenoxy) is 1. The summed E-state index contributed by atoms with van der Waals surface area (Å²) in [7, 11) is 0. The SMILES string of the molecule is CC(C)OCC(O)CN(Cc1ccccc1)Cc1nc2sc3c(c2c(=O)[nH]1)CCCC3.